The Morgan fingerprint density at radius 2 is 2.07 bits per heavy atom. The van der Waals surface area contributed by atoms with Crippen LogP contribution < -0.4 is 5.32 Å². The molecule has 0 spiro atoms. The highest BCUT2D eigenvalue weighted by molar-refractivity contribution is 6.31. The summed E-state index contributed by atoms with van der Waals surface area (Å²) in [5.41, 5.74) is 2.57. The van der Waals surface area contributed by atoms with Crippen molar-refractivity contribution in [2.45, 2.75) is 27.3 Å². The number of hydrogen-bond donors (Lipinski definition) is 1. The molecular formula is C17H16ClN5O4. The van der Waals surface area contributed by atoms with Crippen molar-refractivity contribution in [3.8, 4) is 0 Å². The molecule has 3 rings (SSSR count). The molecule has 0 unspecified atom stereocenters. The van der Waals surface area contributed by atoms with Crippen LogP contribution in [-0.4, -0.2) is 25.8 Å². The fourth-order valence-electron chi connectivity index (χ4n) is 2.51. The van der Waals surface area contributed by atoms with Gasteiger partial charge in [0.2, 0.25) is 0 Å². The molecule has 3 aromatic rings. The molecule has 0 atom stereocenters. The van der Waals surface area contributed by atoms with E-state index in [1.54, 1.807) is 32.0 Å². The van der Waals surface area contributed by atoms with Gasteiger partial charge in [0, 0.05) is 10.7 Å². The number of benzene rings is 1. The predicted octanol–water partition coefficient (Wildman–Crippen LogP) is 3.66. The third-order valence-corrected chi connectivity index (χ3v) is 4.50. The molecule has 0 aliphatic carbocycles. The Balaban J connectivity index is 1.86. The number of aromatic nitrogens is 3. The lowest BCUT2D eigenvalue weighted by Crippen LogP contribution is -2.16. The first-order chi connectivity index (χ1) is 12.8. The van der Waals surface area contributed by atoms with Crippen LogP contribution in [0.1, 0.15) is 33.1 Å². The Morgan fingerprint density at radius 3 is 2.70 bits per heavy atom. The molecule has 2 aromatic heterocycles. The van der Waals surface area contributed by atoms with Gasteiger partial charge in [0.25, 0.3) is 5.91 Å². The molecule has 0 saturated heterocycles. The van der Waals surface area contributed by atoms with Gasteiger partial charge in [-0.3, -0.25) is 4.79 Å². The van der Waals surface area contributed by atoms with E-state index >= 15 is 0 Å². The van der Waals surface area contributed by atoms with E-state index in [2.05, 4.69) is 15.6 Å². The van der Waals surface area contributed by atoms with E-state index in [1.165, 1.54) is 10.7 Å². The molecule has 1 aromatic carbocycles. The van der Waals surface area contributed by atoms with Crippen molar-refractivity contribution in [2.75, 3.05) is 5.32 Å². The molecule has 9 nitrogen and oxygen atoms in total. The van der Waals surface area contributed by atoms with Gasteiger partial charge in [-0.15, -0.1) is 0 Å². The van der Waals surface area contributed by atoms with E-state index in [4.69, 9.17) is 16.1 Å². The summed E-state index contributed by atoms with van der Waals surface area (Å²) in [6.07, 6.45) is 0. The molecule has 27 heavy (non-hydrogen) atoms. The maximum Gasteiger partial charge on any atom is 0.390 e. The molecule has 0 radical (unpaired) electrons. The van der Waals surface area contributed by atoms with Gasteiger partial charge >= 0.3 is 5.82 Å². The van der Waals surface area contributed by atoms with Gasteiger partial charge in [-0.2, -0.15) is 4.68 Å². The van der Waals surface area contributed by atoms with Crippen LogP contribution in [0, 0.1) is 30.9 Å². The highest BCUT2D eigenvalue weighted by atomic mass is 35.5. The van der Waals surface area contributed by atoms with Gasteiger partial charge in [0.05, 0.1) is 29.0 Å². The van der Waals surface area contributed by atoms with Crippen LogP contribution in [0.25, 0.3) is 0 Å². The number of aryl methyl sites for hydroxylation is 3. The minimum Gasteiger partial charge on any atom is -0.361 e. The summed E-state index contributed by atoms with van der Waals surface area (Å²) in [5.74, 6) is -0.303. The number of hydrogen-bond acceptors (Lipinski definition) is 6. The molecule has 0 aliphatic heterocycles. The zero-order valence-electron chi connectivity index (χ0n) is 14.8. The zero-order chi connectivity index (χ0) is 19.7. The van der Waals surface area contributed by atoms with Gasteiger partial charge in [0.1, 0.15) is 5.76 Å². The molecule has 0 aliphatic rings. The van der Waals surface area contributed by atoms with Gasteiger partial charge < -0.3 is 20.0 Å². The minimum absolute atomic E-state index is 0.0850. The Labute approximate surface area is 159 Å². The van der Waals surface area contributed by atoms with E-state index < -0.39 is 10.8 Å². The van der Waals surface area contributed by atoms with Crippen molar-refractivity contribution >= 4 is 29.0 Å². The normalized spacial score (nSPS) is 10.8. The first-order valence-corrected chi connectivity index (χ1v) is 8.35. The average molecular weight is 390 g/mol. The van der Waals surface area contributed by atoms with Crippen molar-refractivity contribution in [1.82, 2.24) is 14.9 Å². The third kappa shape index (κ3) is 3.82. The van der Waals surface area contributed by atoms with Crippen LogP contribution in [0.3, 0.4) is 0 Å². The quantitative estimate of drug-likeness (QED) is 0.525. The lowest BCUT2D eigenvalue weighted by Gasteiger charge is -2.06. The van der Waals surface area contributed by atoms with E-state index in [0.29, 0.717) is 27.7 Å². The first-order valence-electron chi connectivity index (χ1n) is 7.97. The monoisotopic (exact) mass is 389 g/mol. The zero-order valence-corrected chi connectivity index (χ0v) is 15.6. The molecule has 10 heteroatoms. The lowest BCUT2D eigenvalue weighted by molar-refractivity contribution is -0.389. The van der Waals surface area contributed by atoms with E-state index in [1.807, 2.05) is 6.92 Å². The maximum absolute atomic E-state index is 12.6. The molecular weight excluding hydrogens is 374 g/mol. The van der Waals surface area contributed by atoms with Crippen molar-refractivity contribution in [2.24, 2.45) is 0 Å². The van der Waals surface area contributed by atoms with Crippen LogP contribution in [0.4, 0.5) is 11.5 Å². The number of anilines is 1. The largest absolute Gasteiger partial charge is 0.390 e. The Bertz CT molecular complexity index is 1040. The summed E-state index contributed by atoms with van der Waals surface area (Å²) in [6.45, 7) is 5.33. The summed E-state index contributed by atoms with van der Waals surface area (Å²) >= 11 is 6.08. The number of rotatable bonds is 5. The Morgan fingerprint density at radius 1 is 1.33 bits per heavy atom. The number of nitrogens with zero attached hydrogens (tertiary/aromatic N) is 4. The third-order valence-electron chi connectivity index (χ3n) is 4.09. The van der Waals surface area contributed by atoms with Crippen LogP contribution in [0.15, 0.2) is 28.8 Å². The SMILES string of the molecule is Cc1ccc(NC(=O)c2noc(C)c2Cn2nc([N+](=O)[O-])cc2C)cc1Cl. The lowest BCUT2D eigenvalue weighted by atomic mass is 10.1. The second-order valence-electron chi connectivity index (χ2n) is 6.04. The second-order valence-corrected chi connectivity index (χ2v) is 6.45. The predicted molar refractivity (Wildman–Crippen MR) is 98.1 cm³/mol. The van der Waals surface area contributed by atoms with Crippen LogP contribution in [0.5, 0.6) is 0 Å². The van der Waals surface area contributed by atoms with Crippen molar-refractivity contribution in [3.63, 3.8) is 0 Å². The van der Waals surface area contributed by atoms with Crippen molar-refractivity contribution in [3.05, 3.63) is 67.7 Å². The highest BCUT2D eigenvalue weighted by Gasteiger charge is 2.24. The van der Waals surface area contributed by atoms with Gasteiger partial charge in [-0.05, 0) is 43.4 Å². The van der Waals surface area contributed by atoms with Crippen LogP contribution in [-0.2, 0) is 6.54 Å². The molecule has 1 amide bonds. The summed E-state index contributed by atoms with van der Waals surface area (Å²) in [7, 11) is 0. The minimum atomic E-state index is -0.571. The number of halogens is 1. The van der Waals surface area contributed by atoms with Crippen LogP contribution >= 0.6 is 11.6 Å². The highest BCUT2D eigenvalue weighted by Crippen LogP contribution is 2.22. The number of nitro groups is 1. The number of carbonyl (C=O) groups excluding carboxylic acids is 1. The van der Waals surface area contributed by atoms with Crippen LogP contribution in [0.2, 0.25) is 5.02 Å². The fraction of sp³-hybridized carbons (Fsp3) is 0.235. The Hall–Kier alpha value is -3.20. The smallest absolute Gasteiger partial charge is 0.361 e. The number of nitrogens with one attached hydrogen (secondary N) is 1. The molecule has 0 fully saturated rings. The fourth-order valence-corrected chi connectivity index (χ4v) is 2.69. The number of carbonyl (C=O) groups is 1. The molecule has 1 N–H and O–H groups in total. The summed E-state index contributed by atoms with van der Waals surface area (Å²) in [4.78, 5) is 22.9. The van der Waals surface area contributed by atoms with E-state index in [0.717, 1.165) is 5.56 Å². The molecule has 140 valence electrons. The van der Waals surface area contributed by atoms with Gasteiger partial charge in [-0.25, -0.2) is 0 Å². The van der Waals surface area contributed by atoms with Crippen molar-refractivity contribution in [1.29, 1.82) is 0 Å². The van der Waals surface area contributed by atoms with Gasteiger partial charge in [-0.1, -0.05) is 22.8 Å². The average Bonchev–Trinajstić information content (AvgIpc) is 3.15. The summed E-state index contributed by atoms with van der Waals surface area (Å²) < 4.78 is 6.58. The van der Waals surface area contributed by atoms with Crippen molar-refractivity contribution < 1.29 is 14.2 Å². The Kier molecular flexibility index (Phi) is 4.95. The molecule has 2 heterocycles. The number of amides is 1. The van der Waals surface area contributed by atoms with E-state index in [9.17, 15) is 14.9 Å². The summed E-state index contributed by atoms with van der Waals surface area (Å²) in [6, 6.07) is 6.52. The second kappa shape index (κ2) is 7.20. The maximum atomic E-state index is 12.6. The molecule has 0 saturated carbocycles. The molecule has 0 bridgehead atoms. The summed E-state index contributed by atoms with van der Waals surface area (Å²) in [5, 5.41) is 21.9. The van der Waals surface area contributed by atoms with E-state index in [-0.39, 0.29) is 18.1 Å². The topological polar surface area (TPSA) is 116 Å². The first kappa shape index (κ1) is 18.6. The standard InChI is InChI=1S/C17H16ClN5O4/c1-9-4-5-12(7-14(9)18)19-17(24)16-13(11(3)27-21-16)8-22-10(2)6-15(20-22)23(25)26/h4-7H,8H2,1-3H3,(H,19,24). The van der Waals surface area contributed by atoms with Gasteiger partial charge in [0.15, 0.2) is 5.69 Å².